The summed E-state index contributed by atoms with van der Waals surface area (Å²) < 4.78 is 0. The molecule has 0 aliphatic rings. The number of aryl methyl sites for hydroxylation is 1. The second kappa shape index (κ2) is 14.2. The molecule has 1 aromatic carbocycles. The molecule has 0 aliphatic carbocycles. The average molecular weight is 265 g/mol. The Balaban J connectivity index is 0. The molecule has 0 nitrogen and oxygen atoms in total. The Labute approximate surface area is 149 Å². The van der Waals surface area contributed by atoms with Crippen molar-refractivity contribution in [3.63, 3.8) is 0 Å². The van der Waals surface area contributed by atoms with Crippen LogP contribution in [0.1, 0.15) is 44.6 Å². The van der Waals surface area contributed by atoms with E-state index in [-0.39, 0.29) is 51.4 Å². The van der Waals surface area contributed by atoms with Crippen LogP contribution in [0.2, 0.25) is 5.02 Å². The van der Waals surface area contributed by atoms with Gasteiger partial charge in [-0.15, -0.1) is 0 Å². The molecular weight excluding hydrogens is 243 g/mol. The smallest absolute Gasteiger partial charge is 0.343 e. The summed E-state index contributed by atoms with van der Waals surface area (Å²) in [5.74, 6) is 0. The number of hydrogen-bond acceptors (Lipinski definition) is 0. The van der Waals surface area contributed by atoms with Crippen molar-refractivity contribution in [2.45, 2.75) is 46.0 Å². The van der Waals surface area contributed by atoms with Gasteiger partial charge in [0.2, 0.25) is 0 Å². The van der Waals surface area contributed by atoms with Crippen LogP contribution in [0.25, 0.3) is 0 Å². The Morgan fingerprint density at radius 3 is 2.25 bits per heavy atom. The second-order valence-corrected chi connectivity index (χ2v) is 4.15. The van der Waals surface area contributed by atoms with Gasteiger partial charge in [0.25, 0.3) is 0 Å². The van der Waals surface area contributed by atoms with Crippen LogP contribution in [-0.4, -0.2) is 0 Å². The summed E-state index contributed by atoms with van der Waals surface area (Å²) in [7, 11) is 0. The summed E-state index contributed by atoms with van der Waals surface area (Å²) in [6, 6.07) is 7.76. The molecule has 0 bridgehead atoms. The molecule has 0 heterocycles. The predicted octanol–water partition coefficient (Wildman–Crippen LogP) is 2.44. The van der Waals surface area contributed by atoms with Crippen molar-refractivity contribution >= 4 is 11.6 Å². The summed E-state index contributed by atoms with van der Waals surface area (Å²) in [5.41, 5.74) is 1.21. The van der Waals surface area contributed by atoms with Crippen LogP contribution in [0.3, 0.4) is 0 Å². The Morgan fingerprint density at radius 1 is 1.19 bits per heavy atom. The molecule has 1 rings (SSSR count). The van der Waals surface area contributed by atoms with Crippen LogP contribution in [0.5, 0.6) is 0 Å². The van der Waals surface area contributed by atoms with Crippen molar-refractivity contribution < 1.29 is 51.4 Å². The fourth-order valence-electron chi connectivity index (χ4n) is 1.21. The molecule has 0 N–H and O–H groups in total. The van der Waals surface area contributed by atoms with E-state index in [0.29, 0.717) is 0 Å². The van der Waals surface area contributed by atoms with Crippen LogP contribution in [0.15, 0.2) is 24.3 Å². The maximum absolute atomic E-state index is 5.64. The van der Waals surface area contributed by atoms with E-state index in [0.717, 1.165) is 11.4 Å². The minimum absolute atomic E-state index is 0. The first-order chi connectivity index (χ1) is 7.20. The van der Waals surface area contributed by atoms with E-state index < -0.39 is 0 Å². The monoisotopic (exact) mass is 264 g/mol. The third-order valence-corrected chi connectivity index (χ3v) is 2.32. The van der Waals surface area contributed by atoms with Crippen molar-refractivity contribution in [1.82, 2.24) is 0 Å². The van der Waals surface area contributed by atoms with E-state index in [4.69, 9.17) is 11.6 Å². The molecule has 0 fully saturated rings. The number of unbranched alkanes of at least 4 members (excludes halogenated alkanes) is 4. The second-order valence-electron chi connectivity index (χ2n) is 3.71. The minimum atomic E-state index is 0. The summed E-state index contributed by atoms with van der Waals surface area (Å²) >= 11 is 5.64. The SMILES string of the molecule is Cc1cccc(Cl)c1.[CH2-]CCCCCC.[K+]. The molecule has 0 saturated carbocycles. The van der Waals surface area contributed by atoms with Crippen LogP contribution in [0.4, 0.5) is 0 Å². The zero-order valence-corrected chi connectivity index (χ0v) is 14.8. The van der Waals surface area contributed by atoms with Crippen LogP contribution in [0, 0.1) is 13.8 Å². The first-order valence-electron chi connectivity index (χ1n) is 5.72. The third-order valence-electron chi connectivity index (χ3n) is 2.08. The maximum Gasteiger partial charge on any atom is 1.00 e. The quantitative estimate of drug-likeness (QED) is 0.445. The van der Waals surface area contributed by atoms with Crippen molar-refractivity contribution in [3.8, 4) is 0 Å². The van der Waals surface area contributed by atoms with Gasteiger partial charge in [-0.2, -0.15) is 6.42 Å². The van der Waals surface area contributed by atoms with Gasteiger partial charge < -0.3 is 6.92 Å². The summed E-state index contributed by atoms with van der Waals surface area (Å²) in [4.78, 5) is 0. The zero-order valence-electron chi connectivity index (χ0n) is 10.9. The van der Waals surface area contributed by atoms with Gasteiger partial charge in [-0.3, -0.25) is 0 Å². The van der Waals surface area contributed by atoms with Crippen molar-refractivity contribution in [2.75, 3.05) is 0 Å². The van der Waals surface area contributed by atoms with Crippen molar-refractivity contribution in [1.29, 1.82) is 0 Å². The molecule has 0 unspecified atom stereocenters. The largest absolute Gasteiger partial charge is 1.00 e. The van der Waals surface area contributed by atoms with Gasteiger partial charge in [0.15, 0.2) is 0 Å². The first-order valence-corrected chi connectivity index (χ1v) is 6.10. The van der Waals surface area contributed by atoms with Gasteiger partial charge in [-0.05, 0) is 24.6 Å². The Hall–Kier alpha value is 1.15. The van der Waals surface area contributed by atoms with E-state index in [1.165, 1.54) is 31.2 Å². The standard InChI is InChI=1S/C7H7Cl.C7H15.K/c1-6-3-2-4-7(8)5-6;1-3-5-7-6-4-2;/h2-5H,1H3;1,3-7H2,2H3;/q;-1;+1. The molecule has 0 saturated heterocycles. The van der Waals surface area contributed by atoms with E-state index in [1.807, 2.05) is 31.2 Å². The minimum Gasteiger partial charge on any atom is -0.343 e. The van der Waals surface area contributed by atoms with E-state index in [1.54, 1.807) is 0 Å². The maximum atomic E-state index is 5.64. The fourth-order valence-corrected chi connectivity index (χ4v) is 1.45. The Bertz CT molecular complexity index is 227. The first kappa shape index (κ1) is 19.5. The molecule has 2 heteroatoms. The molecule has 0 aromatic heterocycles. The Kier molecular flexibility index (Phi) is 17.3. The van der Waals surface area contributed by atoms with Crippen molar-refractivity contribution in [2.24, 2.45) is 0 Å². The van der Waals surface area contributed by atoms with Crippen molar-refractivity contribution in [3.05, 3.63) is 41.8 Å². The number of rotatable bonds is 4. The summed E-state index contributed by atoms with van der Waals surface area (Å²) in [6.45, 7) is 8.00. The number of hydrogen-bond donors (Lipinski definition) is 0. The van der Waals surface area contributed by atoms with E-state index in [2.05, 4.69) is 13.8 Å². The molecule has 0 atom stereocenters. The summed E-state index contributed by atoms with van der Waals surface area (Å²) in [5, 5.41) is 0.810. The average Bonchev–Trinajstić information content (AvgIpc) is 2.19. The van der Waals surface area contributed by atoms with Gasteiger partial charge >= 0.3 is 51.4 Å². The Morgan fingerprint density at radius 2 is 1.88 bits per heavy atom. The summed E-state index contributed by atoms with van der Waals surface area (Å²) in [6.07, 6.45) is 6.52. The van der Waals surface area contributed by atoms with Gasteiger partial charge in [0.1, 0.15) is 0 Å². The zero-order chi connectivity index (χ0) is 11.5. The van der Waals surface area contributed by atoms with Crippen LogP contribution < -0.4 is 51.4 Å². The molecule has 0 spiro atoms. The van der Waals surface area contributed by atoms with Gasteiger partial charge in [0.05, 0.1) is 0 Å². The molecule has 1 aromatic rings. The van der Waals surface area contributed by atoms with Crippen LogP contribution >= 0.6 is 11.6 Å². The van der Waals surface area contributed by atoms with Gasteiger partial charge in [0, 0.05) is 5.02 Å². The van der Waals surface area contributed by atoms with E-state index in [9.17, 15) is 0 Å². The predicted molar refractivity (Wildman–Crippen MR) is 70.3 cm³/mol. The topological polar surface area (TPSA) is 0 Å². The molecule has 86 valence electrons. The molecule has 0 radical (unpaired) electrons. The molecule has 16 heavy (non-hydrogen) atoms. The van der Waals surface area contributed by atoms with E-state index >= 15 is 0 Å². The van der Waals surface area contributed by atoms with Gasteiger partial charge in [-0.1, -0.05) is 56.3 Å². The number of halogens is 1. The fraction of sp³-hybridized carbons (Fsp3) is 0.500. The molecule has 0 amide bonds. The van der Waals surface area contributed by atoms with Gasteiger partial charge in [-0.25, -0.2) is 0 Å². The van der Waals surface area contributed by atoms with Crippen LogP contribution in [-0.2, 0) is 0 Å². The molecular formula is C14H22ClK. The third kappa shape index (κ3) is 13.2. The number of benzene rings is 1. The molecule has 0 aliphatic heterocycles. The normalized spacial score (nSPS) is 8.75.